The summed E-state index contributed by atoms with van der Waals surface area (Å²) in [5.74, 6) is -2.90. The molecule has 9 heteroatoms. The fourth-order valence-electron chi connectivity index (χ4n) is 3.67. The molecular formula is C23H15Cl2FN2O4. The van der Waals surface area contributed by atoms with E-state index in [4.69, 9.17) is 27.9 Å². The van der Waals surface area contributed by atoms with Gasteiger partial charge in [-0.1, -0.05) is 29.3 Å². The zero-order valence-electron chi connectivity index (χ0n) is 16.6. The van der Waals surface area contributed by atoms with Crippen molar-refractivity contribution in [2.24, 2.45) is 0 Å². The maximum absolute atomic E-state index is 13.9. The Kier molecular flexibility index (Phi) is 5.86. The second-order valence-corrected chi connectivity index (χ2v) is 7.74. The van der Waals surface area contributed by atoms with Crippen LogP contribution in [0.15, 0.2) is 66.5 Å². The Labute approximate surface area is 192 Å². The lowest BCUT2D eigenvalue weighted by Gasteiger charge is -2.25. The number of carbonyl (C=O) groups is 2. The number of halogens is 3. The van der Waals surface area contributed by atoms with Gasteiger partial charge in [-0.2, -0.15) is 0 Å². The molecule has 1 N–H and O–H groups in total. The third-order valence-electron chi connectivity index (χ3n) is 5.02. The molecule has 32 heavy (non-hydrogen) atoms. The molecule has 3 aromatic rings. The van der Waals surface area contributed by atoms with E-state index in [1.807, 2.05) is 0 Å². The standard InChI is InChI=1S/C23H15Cl2FN2O4/c1-32-22-16(9-13(24)10-17(22)25)20(29)18-19(12-5-7-27-8-6-12)28(23(31)21(18)30)15-4-2-3-14(26)11-15/h2-11,19,29H,1H3/b20-18+. The Morgan fingerprint density at radius 3 is 2.50 bits per heavy atom. The Hall–Kier alpha value is -3.42. The second-order valence-electron chi connectivity index (χ2n) is 6.90. The highest BCUT2D eigenvalue weighted by Gasteiger charge is 2.47. The lowest BCUT2D eigenvalue weighted by Crippen LogP contribution is -2.29. The molecule has 0 bridgehead atoms. The Morgan fingerprint density at radius 2 is 1.84 bits per heavy atom. The van der Waals surface area contributed by atoms with Crippen molar-refractivity contribution in [1.29, 1.82) is 0 Å². The predicted octanol–water partition coefficient (Wildman–Crippen LogP) is 5.16. The minimum Gasteiger partial charge on any atom is -0.507 e. The normalized spacial score (nSPS) is 17.6. The van der Waals surface area contributed by atoms with E-state index < -0.39 is 29.3 Å². The zero-order valence-corrected chi connectivity index (χ0v) is 18.1. The number of aliphatic hydroxyl groups excluding tert-OH is 1. The number of methoxy groups -OCH3 is 1. The molecule has 0 radical (unpaired) electrons. The first-order valence-corrected chi connectivity index (χ1v) is 10.1. The van der Waals surface area contributed by atoms with Gasteiger partial charge in [0.25, 0.3) is 11.7 Å². The van der Waals surface area contributed by atoms with E-state index in [1.165, 1.54) is 49.8 Å². The molecule has 162 valence electrons. The number of benzene rings is 2. The van der Waals surface area contributed by atoms with E-state index in [9.17, 15) is 19.1 Å². The predicted molar refractivity (Wildman–Crippen MR) is 118 cm³/mol. The molecule has 1 aromatic heterocycles. The van der Waals surface area contributed by atoms with E-state index in [1.54, 1.807) is 12.1 Å². The van der Waals surface area contributed by atoms with Crippen molar-refractivity contribution in [2.45, 2.75) is 6.04 Å². The lowest BCUT2D eigenvalue weighted by atomic mass is 9.95. The number of ketones is 1. The van der Waals surface area contributed by atoms with Gasteiger partial charge in [-0.3, -0.25) is 19.5 Å². The van der Waals surface area contributed by atoms with E-state index in [0.29, 0.717) is 5.56 Å². The molecule has 1 aliphatic heterocycles. The summed E-state index contributed by atoms with van der Waals surface area (Å²) in [6.07, 6.45) is 2.97. The molecule has 4 rings (SSSR count). The summed E-state index contributed by atoms with van der Waals surface area (Å²) in [5.41, 5.74) is 0.463. The Bertz CT molecular complexity index is 1260. The lowest BCUT2D eigenvalue weighted by molar-refractivity contribution is -0.132. The molecule has 1 fully saturated rings. The molecule has 1 saturated heterocycles. The van der Waals surface area contributed by atoms with Crippen molar-refractivity contribution in [3.05, 3.63) is 93.5 Å². The first-order valence-electron chi connectivity index (χ1n) is 9.33. The fourth-order valence-corrected chi connectivity index (χ4v) is 4.25. The van der Waals surface area contributed by atoms with Gasteiger partial charge in [-0.15, -0.1) is 0 Å². The molecule has 2 heterocycles. The van der Waals surface area contributed by atoms with Crippen LogP contribution in [-0.2, 0) is 9.59 Å². The van der Waals surface area contributed by atoms with Crippen LogP contribution in [0.2, 0.25) is 10.0 Å². The molecule has 1 atom stereocenters. The van der Waals surface area contributed by atoms with Crippen LogP contribution < -0.4 is 9.64 Å². The number of anilines is 1. The van der Waals surface area contributed by atoms with Gasteiger partial charge < -0.3 is 9.84 Å². The molecule has 0 saturated carbocycles. The van der Waals surface area contributed by atoms with Crippen LogP contribution in [0.5, 0.6) is 5.75 Å². The summed E-state index contributed by atoms with van der Waals surface area (Å²) < 4.78 is 19.2. The highest BCUT2D eigenvalue weighted by molar-refractivity contribution is 6.51. The van der Waals surface area contributed by atoms with Crippen molar-refractivity contribution in [1.82, 2.24) is 4.98 Å². The topological polar surface area (TPSA) is 79.7 Å². The van der Waals surface area contributed by atoms with Gasteiger partial charge in [0.15, 0.2) is 0 Å². The zero-order chi connectivity index (χ0) is 23.0. The van der Waals surface area contributed by atoms with E-state index in [2.05, 4.69) is 4.98 Å². The maximum atomic E-state index is 13.9. The van der Waals surface area contributed by atoms with Crippen molar-refractivity contribution < 1.29 is 23.8 Å². The molecule has 1 aliphatic rings. The average molecular weight is 473 g/mol. The summed E-state index contributed by atoms with van der Waals surface area (Å²) in [6, 6.07) is 10.2. The molecule has 0 spiro atoms. The van der Waals surface area contributed by atoms with Crippen LogP contribution in [-0.4, -0.2) is 28.9 Å². The van der Waals surface area contributed by atoms with Crippen LogP contribution in [0.1, 0.15) is 17.2 Å². The van der Waals surface area contributed by atoms with E-state index >= 15 is 0 Å². The van der Waals surface area contributed by atoms with Gasteiger partial charge in [0.2, 0.25) is 0 Å². The van der Waals surface area contributed by atoms with Crippen molar-refractivity contribution in [2.75, 3.05) is 12.0 Å². The van der Waals surface area contributed by atoms with Crippen LogP contribution in [0.25, 0.3) is 5.76 Å². The molecule has 0 aliphatic carbocycles. The van der Waals surface area contributed by atoms with Gasteiger partial charge in [0.1, 0.15) is 17.3 Å². The number of hydrogen-bond acceptors (Lipinski definition) is 5. The van der Waals surface area contributed by atoms with E-state index in [0.717, 1.165) is 11.0 Å². The van der Waals surface area contributed by atoms with Gasteiger partial charge in [0.05, 0.1) is 29.3 Å². The first kappa shape index (κ1) is 21.8. The molecule has 1 unspecified atom stereocenters. The maximum Gasteiger partial charge on any atom is 0.300 e. The third-order valence-corrected chi connectivity index (χ3v) is 5.52. The van der Waals surface area contributed by atoms with Gasteiger partial charge in [-0.05, 0) is 48.0 Å². The summed E-state index contributed by atoms with van der Waals surface area (Å²) in [5, 5.41) is 11.5. The SMILES string of the molecule is COc1c(Cl)cc(Cl)cc1/C(O)=C1\C(=O)C(=O)N(c2cccc(F)c2)C1c1ccncc1. The molecule has 2 aromatic carbocycles. The highest BCUT2D eigenvalue weighted by Crippen LogP contribution is 2.44. The Balaban J connectivity index is 2.01. The number of carbonyl (C=O) groups excluding carboxylic acids is 2. The number of Topliss-reactive ketones (excluding diaryl/α,β-unsaturated/α-hetero) is 1. The molecule has 1 amide bonds. The number of ether oxygens (including phenoxy) is 1. The van der Waals surface area contributed by atoms with Crippen LogP contribution in [0, 0.1) is 5.82 Å². The fraction of sp³-hybridized carbons (Fsp3) is 0.0870. The first-order chi connectivity index (χ1) is 15.3. The van der Waals surface area contributed by atoms with Gasteiger partial charge in [-0.25, -0.2) is 4.39 Å². The monoisotopic (exact) mass is 472 g/mol. The van der Waals surface area contributed by atoms with Crippen LogP contribution >= 0.6 is 23.2 Å². The molecule has 6 nitrogen and oxygen atoms in total. The van der Waals surface area contributed by atoms with Gasteiger partial charge in [0, 0.05) is 23.1 Å². The number of amides is 1. The number of nitrogens with zero attached hydrogens (tertiary/aromatic N) is 2. The summed E-state index contributed by atoms with van der Waals surface area (Å²) in [4.78, 5) is 31.3. The largest absolute Gasteiger partial charge is 0.507 e. The summed E-state index contributed by atoms with van der Waals surface area (Å²) in [6.45, 7) is 0. The average Bonchev–Trinajstić information content (AvgIpc) is 3.04. The smallest absolute Gasteiger partial charge is 0.300 e. The number of pyridine rings is 1. The van der Waals surface area contributed by atoms with Crippen molar-refractivity contribution in [3.63, 3.8) is 0 Å². The second kappa shape index (κ2) is 8.61. The number of hydrogen-bond donors (Lipinski definition) is 1. The van der Waals surface area contributed by atoms with Crippen molar-refractivity contribution in [3.8, 4) is 5.75 Å². The minimum absolute atomic E-state index is 0.0429. The molecular weight excluding hydrogens is 458 g/mol. The summed E-state index contributed by atoms with van der Waals surface area (Å²) >= 11 is 12.3. The number of aromatic nitrogens is 1. The quantitative estimate of drug-likeness (QED) is 0.322. The number of aliphatic hydroxyl groups is 1. The Morgan fingerprint density at radius 1 is 1.12 bits per heavy atom. The van der Waals surface area contributed by atoms with Crippen LogP contribution in [0.3, 0.4) is 0 Å². The van der Waals surface area contributed by atoms with Gasteiger partial charge >= 0.3 is 0 Å². The summed E-state index contributed by atoms with van der Waals surface area (Å²) in [7, 11) is 1.34. The van der Waals surface area contributed by atoms with Crippen LogP contribution in [0.4, 0.5) is 10.1 Å². The van der Waals surface area contributed by atoms with Crippen molar-refractivity contribution >= 4 is 46.3 Å². The minimum atomic E-state index is -1.05. The number of rotatable bonds is 4. The third kappa shape index (κ3) is 3.70. The highest BCUT2D eigenvalue weighted by atomic mass is 35.5. The van der Waals surface area contributed by atoms with E-state index in [-0.39, 0.29) is 32.6 Å².